The number of benzene rings is 2. The van der Waals surface area contributed by atoms with Crippen molar-refractivity contribution in [1.29, 1.82) is 0 Å². The molecule has 4 rings (SSSR count). The first kappa shape index (κ1) is 19.4. The highest BCUT2D eigenvalue weighted by Gasteiger charge is 2.21. The van der Waals surface area contributed by atoms with Crippen molar-refractivity contribution in [2.75, 3.05) is 7.05 Å². The minimum Gasteiger partial charge on any atom is -0.340 e. The van der Waals surface area contributed by atoms with Crippen molar-refractivity contribution in [2.45, 2.75) is 37.3 Å². The van der Waals surface area contributed by atoms with Crippen molar-refractivity contribution >= 4 is 39.7 Å². The van der Waals surface area contributed by atoms with Gasteiger partial charge in [0, 0.05) is 25.5 Å². The lowest BCUT2D eigenvalue weighted by molar-refractivity contribution is -0.129. The number of aromatic nitrogens is 4. The van der Waals surface area contributed by atoms with Gasteiger partial charge in [-0.1, -0.05) is 60.3 Å². The highest BCUT2D eigenvalue weighted by atomic mass is 32.2. The predicted octanol–water partition coefficient (Wildman–Crippen LogP) is 4.14. The van der Waals surface area contributed by atoms with Crippen molar-refractivity contribution in [1.82, 2.24) is 24.6 Å². The molecule has 4 aromatic rings. The number of thioether (sulfide) groups is 1. The molecule has 0 unspecified atom stereocenters. The second-order valence-corrected chi connectivity index (χ2v) is 8.28. The van der Waals surface area contributed by atoms with Gasteiger partial charge in [-0.05, 0) is 25.5 Å². The van der Waals surface area contributed by atoms with Gasteiger partial charge in [0.15, 0.2) is 5.65 Å². The molecule has 148 valence electrons. The third-order valence-corrected chi connectivity index (χ3v) is 5.88. The number of rotatable bonds is 6. The van der Waals surface area contributed by atoms with Crippen LogP contribution in [0.15, 0.2) is 59.8 Å². The van der Waals surface area contributed by atoms with E-state index in [1.807, 2.05) is 62.5 Å². The molecule has 2 aromatic carbocycles. The first-order chi connectivity index (χ1) is 14.1. The third-order valence-electron chi connectivity index (χ3n) is 4.94. The molecule has 2 aromatic heterocycles. The number of carbonyl (C=O) groups is 1. The van der Waals surface area contributed by atoms with Gasteiger partial charge < -0.3 is 9.47 Å². The van der Waals surface area contributed by atoms with Gasteiger partial charge in [-0.2, -0.15) is 0 Å². The van der Waals surface area contributed by atoms with Gasteiger partial charge in [0.05, 0.1) is 10.8 Å². The van der Waals surface area contributed by atoms with E-state index in [-0.39, 0.29) is 11.2 Å². The standard InChI is InChI=1S/C22H23N5OS/c1-4-27-18-13-9-8-12-17(18)19-20(27)23-22(25-24-19)29-15(2)21(28)26(3)14-16-10-6-5-7-11-16/h5-13,15H,4,14H2,1-3H3/t15-/m1/s1. The topological polar surface area (TPSA) is 63.9 Å². The van der Waals surface area contributed by atoms with Crippen LogP contribution < -0.4 is 0 Å². The van der Waals surface area contributed by atoms with E-state index in [0.717, 1.165) is 34.2 Å². The number of aryl methyl sites for hydroxylation is 1. The van der Waals surface area contributed by atoms with Crippen LogP contribution in [-0.4, -0.2) is 42.9 Å². The summed E-state index contributed by atoms with van der Waals surface area (Å²) in [6, 6.07) is 18.1. The molecule has 1 atom stereocenters. The number of nitrogens with zero attached hydrogens (tertiary/aromatic N) is 5. The number of para-hydroxylation sites is 1. The van der Waals surface area contributed by atoms with Crippen LogP contribution in [0.1, 0.15) is 19.4 Å². The smallest absolute Gasteiger partial charge is 0.235 e. The maximum Gasteiger partial charge on any atom is 0.235 e. The summed E-state index contributed by atoms with van der Waals surface area (Å²) in [5.41, 5.74) is 3.81. The molecule has 0 fully saturated rings. The zero-order chi connectivity index (χ0) is 20.4. The highest BCUT2D eigenvalue weighted by Crippen LogP contribution is 2.28. The Morgan fingerprint density at radius 1 is 1.10 bits per heavy atom. The monoisotopic (exact) mass is 405 g/mol. The van der Waals surface area contributed by atoms with E-state index in [1.54, 1.807) is 4.90 Å². The molecule has 29 heavy (non-hydrogen) atoms. The highest BCUT2D eigenvalue weighted by molar-refractivity contribution is 8.00. The average molecular weight is 406 g/mol. The molecule has 6 nitrogen and oxygen atoms in total. The van der Waals surface area contributed by atoms with E-state index in [0.29, 0.717) is 11.7 Å². The summed E-state index contributed by atoms with van der Waals surface area (Å²) in [4.78, 5) is 19.3. The molecule has 2 heterocycles. The van der Waals surface area contributed by atoms with Crippen LogP contribution in [0.3, 0.4) is 0 Å². The van der Waals surface area contributed by atoms with Gasteiger partial charge in [0.2, 0.25) is 11.1 Å². The Bertz CT molecular complexity index is 1160. The Labute approximate surface area is 173 Å². The van der Waals surface area contributed by atoms with E-state index in [9.17, 15) is 4.79 Å². The van der Waals surface area contributed by atoms with E-state index in [4.69, 9.17) is 4.98 Å². The summed E-state index contributed by atoms with van der Waals surface area (Å²) >= 11 is 1.35. The summed E-state index contributed by atoms with van der Waals surface area (Å²) in [5.74, 6) is 0.0404. The molecule has 0 saturated carbocycles. The second-order valence-electron chi connectivity index (χ2n) is 6.97. The van der Waals surface area contributed by atoms with Crippen molar-refractivity contribution < 1.29 is 4.79 Å². The number of fused-ring (bicyclic) bond motifs is 3. The Morgan fingerprint density at radius 3 is 2.59 bits per heavy atom. The first-order valence-corrected chi connectivity index (χ1v) is 10.5. The Morgan fingerprint density at radius 2 is 1.83 bits per heavy atom. The van der Waals surface area contributed by atoms with Crippen LogP contribution in [0.25, 0.3) is 22.1 Å². The molecule has 0 N–H and O–H groups in total. The van der Waals surface area contributed by atoms with Crippen molar-refractivity contribution in [3.05, 3.63) is 60.2 Å². The molecule has 0 aliphatic carbocycles. The van der Waals surface area contributed by atoms with Gasteiger partial charge in [-0.3, -0.25) is 4.79 Å². The Kier molecular flexibility index (Phi) is 5.49. The molecule has 1 amide bonds. The second kappa shape index (κ2) is 8.21. The zero-order valence-corrected chi connectivity index (χ0v) is 17.6. The molecule has 0 radical (unpaired) electrons. The molecular weight excluding hydrogens is 382 g/mol. The van der Waals surface area contributed by atoms with E-state index < -0.39 is 0 Å². The lowest BCUT2D eigenvalue weighted by atomic mass is 10.2. The molecule has 0 aliphatic rings. The minimum absolute atomic E-state index is 0.0404. The number of carbonyl (C=O) groups excluding carboxylic acids is 1. The third kappa shape index (κ3) is 3.82. The largest absolute Gasteiger partial charge is 0.340 e. The molecular formula is C22H23N5OS. The predicted molar refractivity (Wildman–Crippen MR) is 117 cm³/mol. The lowest BCUT2D eigenvalue weighted by Gasteiger charge is -2.20. The summed E-state index contributed by atoms with van der Waals surface area (Å²) in [7, 11) is 1.82. The summed E-state index contributed by atoms with van der Waals surface area (Å²) in [5, 5.41) is 9.97. The quantitative estimate of drug-likeness (QED) is 0.451. The van der Waals surface area contributed by atoms with Gasteiger partial charge in [0.1, 0.15) is 5.52 Å². The molecule has 0 bridgehead atoms. The van der Waals surface area contributed by atoms with Crippen LogP contribution in [0.5, 0.6) is 0 Å². The maximum atomic E-state index is 12.8. The SMILES string of the molecule is CCn1c2ccccc2c2nnc(S[C@H](C)C(=O)N(C)Cc3ccccc3)nc21. The van der Waals surface area contributed by atoms with Crippen LogP contribution in [-0.2, 0) is 17.9 Å². The van der Waals surface area contributed by atoms with Crippen LogP contribution in [0, 0.1) is 0 Å². The van der Waals surface area contributed by atoms with E-state index in [2.05, 4.69) is 27.8 Å². The van der Waals surface area contributed by atoms with Gasteiger partial charge in [-0.15, -0.1) is 10.2 Å². The number of hydrogen-bond acceptors (Lipinski definition) is 5. The fraction of sp³-hybridized carbons (Fsp3) is 0.273. The van der Waals surface area contributed by atoms with Crippen molar-refractivity contribution in [3.63, 3.8) is 0 Å². The van der Waals surface area contributed by atoms with Crippen LogP contribution in [0.2, 0.25) is 0 Å². The molecule has 7 heteroatoms. The first-order valence-electron chi connectivity index (χ1n) is 9.65. The zero-order valence-electron chi connectivity index (χ0n) is 16.7. The summed E-state index contributed by atoms with van der Waals surface area (Å²) in [6.45, 7) is 5.34. The summed E-state index contributed by atoms with van der Waals surface area (Å²) in [6.07, 6.45) is 0. The fourth-order valence-electron chi connectivity index (χ4n) is 3.51. The maximum absolute atomic E-state index is 12.8. The van der Waals surface area contributed by atoms with Crippen LogP contribution in [0.4, 0.5) is 0 Å². The van der Waals surface area contributed by atoms with Crippen molar-refractivity contribution in [3.8, 4) is 0 Å². The average Bonchev–Trinajstić information content (AvgIpc) is 3.06. The number of amides is 1. The Balaban J connectivity index is 1.55. The van der Waals surface area contributed by atoms with Gasteiger partial charge >= 0.3 is 0 Å². The molecule has 0 aliphatic heterocycles. The van der Waals surface area contributed by atoms with Gasteiger partial charge in [0.25, 0.3) is 0 Å². The fourth-order valence-corrected chi connectivity index (χ4v) is 4.34. The van der Waals surface area contributed by atoms with E-state index >= 15 is 0 Å². The molecule has 0 spiro atoms. The number of hydrogen-bond donors (Lipinski definition) is 0. The summed E-state index contributed by atoms with van der Waals surface area (Å²) < 4.78 is 2.14. The van der Waals surface area contributed by atoms with Crippen LogP contribution >= 0.6 is 11.8 Å². The van der Waals surface area contributed by atoms with Gasteiger partial charge in [-0.25, -0.2) is 4.98 Å². The lowest BCUT2D eigenvalue weighted by Crippen LogP contribution is -2.32. The molecule has 0 saturated heterocycles. The van der Waals surface area contributed by atoms with E-state index in [1.165, 1.54) is 11.8 Å². The Hall–Kier alpha value is -2.93. The normalized spacial score (nSPS) is 12.4. The minimum atomic E-state index is -0.303. The van der Waals surface area contributed by atoms with Crippen molar-refractivity contribution in [2.24, 2.45) is 0 Å².